The Morgan fingerprint density at radius 2 is 1.79 bits per heavy atom. The second kappa shape index (κ2) is 6.17. The van der Waals surface area contributed by atoms with Crippen molar-refractivity contribution in [3.63, 3.8) is 0 Å². The van der Waals surface area contributed by atoms with Crippen molar-refractivity contribution in [2.75, 3.05) is 6.54 Å². The third kappa shape index (κ3) is 2.63. The second-order valence-electron chi connectivity index (χ2n) is 5.84. The number of likely N-dealkylation sites (tertiary alicyclic amines) is 1. The van der Waals surface area contributed by atoms with Gasteiger partial charge in [-0.05, 0) is 36.1 Å². The number of hydrogen-bond donors (Lipinski definition) is 0. The van der Waals surface area contributed by atoms with E-state index in [1.165, 1.54) is 0 Å². The minimum Gasteiger partial charge on any atom is -0.418 e. The van der Waals surface area contributed by atoms with Crippen LogP contribution in [0.3, 0.4) is 0 Å². The molecule has 1 aliphatic heterocycles. The first-order valence-electron chi connectivity index (χ1n) is 8.01. The van der Waals surface area contributed by atoms with Gasteiger partial charge in [0.15, 0.2) is 6.19 Å². The molecular formula is C19H16N4O. The summed E-state index contributed by atoms with van der Waals surface area (Å²) >= 11 is 0. The van der Waals surface area contributed by atoms with Gasteiger partial charge in [0.1, 0.15) is 6.04 Å². The lowest BCUT2D eigenvalue weighted by atomic mass is 10.0. The molecule has 0 aliphatic carbocycles. The first-order chi connectivity index (χ1) is 11.8. The van der Waals surface area contributed by atoms with E-state index in [9.17, 15) is 5.26 Å². The lowest BCUT2D eigenvalue weighted by molar-refractivity contribution is 0.310. The van der Waals surface area contributed by atoms with Crippen LogP contribution >= 0.6 is 0 Å². The molecule has 5 heteroatoms. The van der Waals surface area contributed by atoms with Gasteiger partial charge in [0.2, 0.25) is 11.8 Å². The standard InChI is InChI=1S/C19H16N4O/c20-13-23-11-5-10-17(23)19-22-21-18(24-19)16-9-4-8-15(12-16)14-6-2-1-3-7-14/h1-4,6-9,12,17H,5,10-11H2. The van der Waals surface area contributed by atoms with Crippen molar-refractivity contribution in [1.82, 2.24) is 15.1 Å². The minimum atomic E-state index is -0.0893. The smallest absolute Gasteiger partial charge is 0.247 e. The zero-order chi connectivity index (χ0) is 16.4. The van der Waals surface area contributed by atoms with Crippen molar-refractivity contribution in [3.05, 3.63) is 60.5 Å². The largest absolute Gasteiger partial charge is 0.418 e. The van der Waals surface area contributed by atoms with Crippen molar-refractivity contribution in [2.45, 2.75) is 18.9 Å². The summed E-state index contributed by atoms with van der Waals surface area (Å²) in [7, 11) is 0. The highest BCUT2D eigenvalue weighted by atomic mass is 16.4. The summed E-state index contributed by atoms with van der Waals surface area (Å²) < 4.78 is 5.86. The van der Waals surface area contributed by atoms with Gasteiger partial charge in [0, 0.05) is 12.1 Å². The molecule has 0 amide bonds. The highest BCUT2D eigenvalue weighted by Crippen LogP contribution is 2.32. The Morgan fingerprint density at radius 3 is 2.62 bits per heavy atom. The number of nitrogens with zero attached hydrogens (tertiary/aromatic N) is 4. The monoisotopic (exact) mass is 316 g/mol. The number of hydrogen-bond acceptors (Lipinski definition) is 5. The van der Waals surface area contributed by atoms with Gasteiger partial charge in [0.25, 0.3) is 0 Å². The molecule has 3 aromatic rings. The summed E-state index contributed by atoms with van der Waals surface area (Å²) in [6, 6.07) is 18.1. The van der Waals surface area contributed by atoms with Gasteiger partial charge in [0.05, 0.1) is 0 Å². The minimum absolute atomic E-state index is 0.0893. The Bertz CT molecular complexity index is 882. The molecular weight excluding hydrogens is 300 g/mol. The topological polar surface area (TPSA) is 66.0 Å². The molecule has 118 valence electrons. The molecule has 4 rings (SSSR count). The fourth-order valence-corrected chi connectivity index (χ4v) is 3.09. The van der Waals surface area contributed by atoms with Crippen LogP contribution in [-0.4, -0.2) is 21.6 Å². The second-order valence-corrected chi connectivity index (χ2v) is 5.84. The highest BCUT2D eigenvalue weighted by Gasteiger charge is 2.30. The van der Waals surface area contributed by atoms with Crippen LogP contribution in [0.4, 0.5) is 0 Å². The lowest BCUT2D eigenvalue weighted by Gasteiger charge is -2.13. The van der Waals surface area contributed by atoms with Gasteiger partial charge < -0.3 is 4.42 Å². The van der Waals surface area contributed by atoms with Crippen molar-refractivity contribution in [1.29, 1.82) is 5.26 Å². The van der Waals surface area contributed by atoms with E-state index in [1.807, 2.05) is 36.4 Å². The van der Waals surface area contributed by atoms with Crippen LogP contribution in [0, 0.1) is 11.5 Å². The first-order valence-corrected chi connectivity index (χ1v) is 8.01. The molecule has 1 aromatic heterocycles. The first kappa shape index (κ1) is 14.5. The van der Waals surface area contributed by atoms with E-state index >= 15 is 0 Å². The number of aromatic nitrogens is 2. The summed E-state index contributed by atoms with van der Waals surface area (Å²) in [5.41, 5.74) is 3.13. The van der Waals surface area contributed by atoms with E-state index < -0.39 is 0 Å². The predicted octanol–water partition coefficient (Wildman–Crippen LogP) is 4.02. The molecule has 0 spiro atoms. The van der Waals surface area contributed by atoms with E-state index in [0.717, 1.165) is 36.1 Å². The van der Waals surface area contributed by atoms with Gasteiger partial charge in [-0.3, -0.25) is 4.90 Å². The van der Waals surface area contributed by atoms with Crippen molar-refractivity contribution < 1.29 is 4.42 Å². The summed E-state index contributed by atoms with van der Waals surface area (Å²) in [5.74, 6) is 1.02. The molecule has 24 heavy (non-hydrogen) atoms. The van der Waals surface area contributed by atoms with Crippen LogP contribution in [0.15, 0.2) is 59.0 Å². The predicted molar refractivity (Wildman–Crippen MR) is 89.5 cm³/mol. The van der Waals surface area contributed by atoms with Gasteiger partial charge >= 0.3 is 0 Å². The quantitative estimate of drug-likeness (QED) is 0.683. The molecule has 0 N–H and O–H groups in total. The van der Waals surface area contributed by atoms with E-state index in [0.29, 0.717) is 11.8 Å². The number of rotatable bonds is 3. The summed E-state index contributed by atoms with van der Waals surface area (Å²) in [4.78, 5) is 1.71. The van der Waals surface area contributed by atoms with Crippen molar-refractivity contribution in [2.24, 2.45) is 0 Å². The van der Waals surface area contributed by atoms with Crippen molar-refractivity contribution >= 4 is 0 Å². The number of nitriles is 1. The zero-order valence-electron chi connectivity index (χ0n) is 13.1. The van der Waals surface area contributed by atoms with Crippen LogP contribution in [0.2, 0.25) is 0 Å². The molecule has 1 fully saturated rings. The summed E-state index contributed by atoms with van der Waals surface area (Å²) in [5, 5.41) is 17.5. The van der Waals surface area contributed by atoms with Crippen LogP contribution in [0.5, 0.6) is 0 Å². The molecule has 0 bridgehead atoms. The molecule has 0 radical (unpaired) electrons. The van der Waals surface area contributed by atoms with Gasteiger partial charge in [-0.2, -0.15) is 5.26 Å². The third-order valence-electron chi connectivity index (χ3n) is 4.32. The zero-order valence-corrected chi connectivity index (χ0v) is 13.1. The fourth-order valence-electron chi connectivity index (χ4n) is 3.09. The maximum Gasteiger partial charge on any atom is 0.247 e. The molecule has 1 aliphatic rings. The normalized spacial score (nSPS) is 17.0. The third-order valence-corrected chi connectivity index (χ3v) is 4.32. The Kier molecular flexibility index (Phi) is 3.72. The Morgan fingerprint density at radius 1 is 1.00 bits per heavy atom. The van der Waals surface area contributed by atoms with Gasteiger partial charge in [-0.15, -0.1) is 10.2 Å². The molecule has 1 unspecified atom stereocenters. The number of benzene rings is 2. The van der Waals surface area contributed by atoms with Gasteiger partial charge in [-0.1, -0.05) is 42.5 Å². The Hall–Kier alpha value is -3.13. The van der Waals surface area contributed by atoms with Crippen LogP contribution in [0.25, 0.3) is 22.6 Å². The van der Waals surface area contributed by atoms with Crippen LogP contribution in [-0.2, 0) is 0 Å². The van der Waals surface area contributed by atoms with E-state index in [-0.39, 0.29) is 6.04 Å². The van der Waals surface area contributed by atoms with Gasteiger partial charge in [-0.25, -0.2) is 0 Å². The molecule has 2 heterocycles. The molecule has 5 nitrogen and oxygen atoms in total. The Balaban J connectivity index is 1.65. The van der Waals surface area contributed by atoms with E-state index in [1.54, 1.807) is 4.90 Å². The highest BCUT2D eigenvalue weighted by molar-refractivity contribution is 5.69. The summed E-state index contributed by atoms with van der Waals surface area (Å²) in [6.45, 7) is 0.752. The molecule has 1 atom stereocenters. The maximum atomic E-state index is 9.17. The van der Waals surface area contributed by atoms with Crippen LogP contribution < -0.4 is 0 Å². The molecule has 2 aromatic carbocycles. The van der Waals surface area contributed by atoms with E-state index in [4.69, 9.17) is 4.42 Å². The lowest BCUT2D eigenvalue weighted by Crippen LogP contribution is -2.17. The van der Waals surface area contributed by atoms with Crippen LogP contribution in [0.1, 0.15) is 24.8 Å². The SMILES string of the molecule is N#CN1CCCC1c1nnc(-c2cccc(-c3ccccc3)c2)o1. The fraction of sp³-hybridized carbons (Fsp3) is 0.211. The molecule has 0 saturated carbocycles. The maximum absolute atomic E-state index is 9.17. The average molecular weight is 316 g/mol. The molecule has 1 saturated heterocycles. The summed E-state index contributed by atoms with van der Waals surface area (Å²) in [6.07, 6.45) is 4.04. The van der Waals surface area contributed by atoms with E-state index in [2.05, 4.69) is 34.6 Å². The Labute approximate surface area is 140 Å². The average Bonchev–Trinajstić information content (AvgIpc) is 3.31. The van der Waals surface area contributed by atoms with Crippen molar-refractivity contribution in [3.8, 4) is 28.8 Å².